The van der Waals surface area contributed by atoms with Gasteiger partial charge in [0.2, 0.25) is 5.92 Å². The van der Waals surface area contributed by atoms with Crippen LogP contribution in [0.1, 0.15) is 194 Å². The first kappa shape index (κ1) is 125. The van der Waals surface area contributed by atoms with Crippen molar-refractivity contribution in [2.45, 2.75) is 267 Å². The van der Waals surface area contributed by atoms with Gasteiger partial charge in [0.1, 0.15) is 32.1 Å². The molecule has 0 spiro atoms. The summed E-state index contributed by atoms with van der Waals surface area (Å²) in [5.74, 6) is -26.8. The SMILES string of the molecule is CC(CC(=O)OCCC1CCSCC1)C(F)(F)F.CC(F)(F)C(F)(F)C(=O)OCCC1CCSCC1.CC(F)(F)CC(=O)OCCC1CCSCC1.O=C(CC(F)(F)CC(F)(F)F)OCCC1CCSCC1.O=C(CC(F)(F)F)OCCC1CCSCC1.O=C(OCCC1CCSCC1)C(C(F)(F)F)C(F)(F)F.O=C(OCCC1CCSCC1)C(F)(F)C(F)(F)CC(F)(F)F. The molecule has 0 radical (unpaired) electrons. The van der Waals surface area contributed by atoms with E-state index in [4.69, 9.17) is 9.47 Å². The predicted octanol–water partition coefficient (Wildman–Crippen LogP) is 25.3. The number of esters is 7. The maximum absolute atomic E-state index is 13.2. The molecule has 1 unspecified atom stereocenters. The summed E-state index contributed by atoms with van der Waals surface area (Å²) < 4.78 is 402. The normalized spacial score (nSPS) is 18.5. The first-order chi connectivity index (χ1) is 59.8. The fourth-order valence-electron chi connectivity index (χ4n) is 12.5. The Labute approximate surface area is 765 Å². The van der Waals surface area contributed by atoms with Gasteiger partial charge in [0, 0.05) is 6.92 Å². The zero-order chi connectivity index (χ0) is 99.1. The molecule has 7 rings (SSSR count). The average molecular weight is 2080 g/mol. The Bertz CT molecular complexity index is 3080. The summed E-state index contributed by atoms with van der Waals surface area (Å²) >= 11 is 12.9. The Kier molecular flexibility index (Phi) is 58.6. The smallest absolute Gasteiger partial charge is 0.411 e. The quantitative estimate of drug-likeness (QED) is 0.0331. The van der Waals surface area contributed by atoms with Crippen LogP contribution in [0.25, 0.3) is 0 Å². The van der Waals surface area contributed by atoms with Gasteiger partial charge in [0.15, 0.2) is 0 Å². The van der Waals surface area contributed by atoms with Crippen molar-refractivity contribution < 1.29 is 198 Å². The lowest BCUT2D eigenvalue weighted by Crippen LogP contribution is -2.50. The summed E-state index contributed by atoms with van der Waals surface area (Å²) in [4.78, 5) is 77.0. The first-order valence-electron chi connectivity index (χ1n) is 41.7. The van der Waals surface area contributed by atoms with Gasteiger partial charge in [0.25, 0.3) is 11.8 Å². The first-order valence-corrected chi connectivity index (χ1v) is 49.8. The lowest BCUT2D eigenvalue weighted by atomic mass is 9.99. The highest BCUT2D eigenvalue weighted by Crippen LogP contribution is 2.45. The van der Waals surface area contributed by atoms with Crippen molar-refractivity contribution in [3.05, 3.63) is 0 Å². The maximum atomic E-state index is 13.2. The van der Waals surface area contributed by atoms with E-state index in [9.17, 15) is 165 Å². The molecule has 7 aliphatic rings. The van der Waals surface area contributed by atoms with Gasteiger partial charge in [-0.1, -0.05) is 6.92 Å². The summed E-state index contributed by atoms with van der Waals surface area (Å²) in [6.45, 7) is 1.24. The number of thioether (sulfide) groups is 7. The third kappa shape index (κ3) is 60.4. The van der Waals surface area contributed by atoms with Crippen molar-refractivity contribution in [2.24, 2.45) is 53.3 Å². The molecule has 0 aromatic rings. The van der Waals surface area contributed by atoms with E-state index in [0.29, 0.717) is 55.3 Å². The van der Waals surface area contributed by atoms with Crippen LogP contribution in [0.5, 0.6) is 0 Å². The zero-order valence-electron chi connectivity index (χ0n) is 71.5. The molecule has 1 atom stereocenters. The molecular formula is C79H114F30O14S7. The molecule has 7 aliphatic heterocycles. The third-order valence-electron chi connectivity index (χ3n) is 20.4. The fourth-order valence-corrected chi connectivity index (χ4v) is 21.0. The third-order valence-corrected chi connectivity index (χ3v) is 27.7. The molecule has 0 saturated carbocycles. The second-order valence-electron chi connectivity index (χ2n) is 31.8. The summed E-state index contributed by atoms with van der Waals surface area (Å²) in [5, 5.41) is 0. The molecule has 51 heteroatoms. The Hall–Kier alpha value is -3.36. The van der Waals surface area contributed by atoms with Crippen molar-refractivity contribution in [2.75, 3.05) is 127 Å². The topological polar surface area (TPSA) is 184 Å². The van der Waals surface area contributed by atoms with Crippen LogP contribution >= 0.6 is 82.3 Å². The van der Waals surface area contributed by atoms with E-state index in [1.54, 1.807) is 23.5 Å². The lowest BCUT2D eigenvalue weighted by molar-refractivity contribution is -0.282. The van der Waals surface area contributed by atoms with Crippen LogP contribution in [0.3, 0.4) is 0 Å². The minimum Gasteiger partial charge on any atom is -0.466 e. The van der Waals surface area contributed by atoms with E-state index < -0.39 is 178 Å². The predicted molar refractivity (Wildman–Crippen MR) is 437 cm³/mol. The number of hydrogen-bond donors (Lipinski definition) is 0. The molecule has 0 aromatic carbocycles. The summed E-state index contributed by atoms with van der Waals surface area (Å²) in [5.41, 5.74) is 0. The summed E-state index contributed by atoms with van der Waals surface area (Å²) in [6, 6.07) is 0. The summed E-state index contributed by atoms with van der Waals surface area (Å²) in [6.07, 6.45) is -22.8. The van der Waals surface area contributed by atoms with Crippen LogP contribution in [0, 0.1) is 53.3 Å². The van der Waals surface area contributed by atoms with Gasteiger partial charge in [-0.2, -0.15) is 196 Å². The second-order valence-corrected chi connectivity index (χ2v) is 40.4. The highest BCUT2D eigenvalue weighted by Gasteiger charge is 2.67. The highest BCUT2D eigenvalue weighted by atomic mass is 32.2. The second kappa shape index (κ2) is 61.2. The molecule has 130 heavy (non-hydrogen) atoms. The minimum absolute atomic E-state index is 0.00371. The van der Waals surface area contributed by atoms with Crippen molar-refractivity contribution in [1.29, 1.82) is 0 Å². The molecule has 766 valence electrons. The maximum Gasteiger partial charge on any atom is 0.411 e. The molecule has 14 nitrogen and oxygen atoms in total. The monoisotopic (exact) mass is 2080 g/mol. The molecular weight excluding hydrogens is 1970 g/mol. The Morgan fingerprint density at radius 1 is 0.285 bits per heavy atom. The number of halogens is 30. The number of carbonyl (C=O) groups is 7. The number of carbonyl (C=O) groups excluding carboxylic acids is 7. The van der Waals surface area contributed by atoms with Gasteiger partial charge in [-0.15, -0.1) is 0 Å². The lowest BCUT2D eigenvalue weighted by Gasteiger charge is -2.26. The highest BCUT2D eigenvalue weighted by molar-refractivity contribution is 8.00. The molecule has 7 heterocycles. The van der Waals surface area contributed by atoms with Gasteiger partial charge in [-0.05, 0) is 264 Å². The van der Waals surface area contributed by atoms with Gasteiger partial charge in [0.05, 0.1) is 58.6 Å². The largest absolute Gasteiger partial charge is 0.466 e. The number of alkyl halides is 30. The van der Waals surface area contributed by atoms with Crippen LogP contribution in [-0.2, 0) is 66.7 Å². The van der Waals surface area contributed by atoms with E-state index in [-0.39, 0.29) is 58.2 Å². The van der Waals surface area contributed by atoms with Gasteiger partial charge in [-0.25, -0.2) is 27.2 Å². The zero-order valence-corrected chi connectivity index (χ0v) is 77.3. The standard InChI is InChI=1S/C12H15F7O2S.C12H17F5O2S.C12H19F3O2S.C11H14F6O2S.C11H16F4O2S.C11H18F2O2S.C10H15F3O2S/c13-10(14,7-11(15,16)17)12(18,19)9(20)21-4-1-8-2-5-22-6-3-8;13-11(14,8-12(15,16)17)7-10(18)19-4-1-9-2-5-20-6-3-9;1-9(12(13,14)15)8-11(16)17-5-2-10-3-6-18-7-4-10;12-10(13,14)8(11(15,16)17)9(18)19-4-1-7-2-5-20-6-3-7;1-10(12,13)11(14,15)9(16)17-5-2-8-3-6-18-7-4-8;1-11(12,13)8-10(14)15-5-2-9-3-6-16-7-4-9;11-10(12,13)7-9(14)15-4-1-8-2-5-16-6-3-8/h8H,1-7H2;9H,1-8H2;9-10H,2-8H2,1H3;7-8H,1-6H2;8H,2-7H2,1H3;9H,2-8H2,1H3;8H,1-7H2. The number of hydrogen-bond acceptors (Lipinski definition) is 21. The van der Waals surface area contributed by atoms with Crippen molar-refractivity contribution in [1.82, 2.24) is 0 Å². The van der Waals surface area contributed by atoms with E-state index in [1.807, 2.05) is 58.8 Å². The van der Waals surface area contributed by atoms with E-state index in [1.165, 1.54) is 0 Å². The van der Waals surface area contributed by atoms with Crippen molar-refractivity contribution in [3.63, 3.8) is 0 Å². The van der Waals surface area contributed by atoms with Crippen LogP contribution in [0.2, 0.25) is 0 Å². The van der Waals surface area contributed by atoms with Crippen LogP contribution in [0.4, 0.5) is 132 Å². The molecule has 7 fully saturated rings. The van der Waals surface area contributed by atoms with Gasteiger partial charge in [-0.3, -0.25) is 24.0 Å². The fraction of sp³-hybridized carbons (Fsp3) is 0.911. The Morgan fingerprint density at radius 2 is 0.523 bits per heavy atom. The molecule has 0 amide bonds. The molecule has 0 aromatic heterocycles. The van der Waals surface area contributed by atoms with Crippen LogP contribution in [-0.4, -0.2) is 241 Å². The van der Waals surface area contributed by atoms with Crippen LogP contribution in [0.15, 0.2) is 0 Å². The Morgan fingerprint density at radius 3 is 0.762 bits per heavy atom. The van der Waals surface area contributed by atoms with E-state index in [0.717, 1.165) is 197 Å². The molecule has 7 saturated heterocycles. The van der Waals surface area contributed by atoms with Crippen molar-refractivity contribution in [3.8, 4) is 0 Å². The van der Waals surface area contributed by atoms with Crippen LogP contribution < -0.4 is 0 Å². The number of rotatable bonds is 35. The minimum atomic E-state index is -5.68. The van der Waals surface area contributed by atoms with Gasteiger partial charge >= 0.3 is 103 Å². The average Bonchev–Trinajstić information content (AvgIpc) is 0.788. The van der Waals surface area contributed by atoms with E-state index in [2.05, 4.69) is 23.7 Å². The number of ether oxygens (including phenoxy) is 7. The molecule has 0 bridgehead atoms. The Balaban J connectivity index is 0.000000760. The van der Waals surface area contributed by atoms with E-state index >= 15 is 0 Å². The van der Waals surface area contributed by atoms with Gasteiger partial charge < -0.3 is 33.2 Å². The summed E-state index contributed by atoms with van der Waals surface area (Å²) in [7, 11) is 0. The molecule has 0 N–H and O–H groups in total. The van der Waals surface area contributed by atoms with Crippen molar-refractivity contribution >= 4 is 124 Å². The molecule has 0 aliphatic carbocycles.